The number of fused-ring (bicyclic) bond motifs is 1. The molecule has 0 atom stereocenters. The maximum atomic E-state index is 13.3. The Morgan fingerprint density at radius 2 is 1.56 bits per heavy atom. The lowest BCUT2D eigenvalue weighted by atomic mass is 9.93. The van der Waals surface area contributed by atoms with Crippen LogP contribution in [0.4, 0.5) is 30.8 Å². The van der Waals surface area contributed by atoms with E-state index in [1.165, 1.54) is 30.5 Å². The third-order valence-electron chi connectivity index (χ3n) is 12.6. The van der Waals surface area contributed by atoms with Crippen molar-refractivity contribution in [3.05, 3.63) is 83.7 Å². The third-order valence-corrected chi connectivity index (χ3v) is 12.6. The van der Waals surface area contributed by atoms with Gasteiger partial charge < -0.3 is 24.8 Å². The highest BCUT2D eigenvalue weighted by Crippen LogP contribution is 2.34. The highest BCUT2D eigenvalue weighted by molar-refractivity contribution is 6.22. The highest BCUT2D eigenvalue weighted by Gasteiger charge is 2.43. The number of imide groups is 2. The van der Waals surface area contributed by atoms with Crippen molar-refractivity contribution in [2.24, 2.45) is 5.92 Å². The molecule has 2 aromatic carbocycles. The average Bonchev–Trinajstić information content (AvgIpc) is 3.91. The second kappa shape index (κ2) is 17.5. The Balaban J connectivity index is 0.738. The molecular weight excluding hydrogens is 840 g/mol. The van der Waals surface area contributed by atoms with Gasteiger partial charge in [0.05, 0.1) is 28.9 Å². The van der Waals surface area contributed by atoms with Crippen LogP contribution >= 0.6 is 11.6 Å². The summed E-state index contributed by atoms with van der Waals surface area (Å²) in [6, 6.07) is 14.1. The molecule has 6 amide bonds. The smallest absolute Gasteiger partial charge is 0.420 e. The Hall–Kier alpha value is -6.18. The van der Waals surface area contributed by atoms with Gasteiger partial charge in [0.25, 0.3) is 17.7 Å². The molecule has 63 heavy (non-hydrogen) atoms. The van der Waals surface area contributed by atoms with E-state index < -0.39 is 35.2 Å². The van der Waals surface area contributed by atoms with Crippen LogP contribution in [0.15, 0.2) is 67.0 Å². The van der Waals surface area contributed by atoms with E-state index in [4.69, 9.17) is 16.6 Å². The van der Waals surface area contributed by atoms with Crippen molar-refractivity contribution in [1.82, 2.24) is 40.3 Å². The standard InChI is InChI=1S/C43H46ClF2N11O6/c44-43(45,46)63-32-4-1-29(2-5-32)49-39(59)28-23-35(36-7-13-48-51-36)38(47-25-28)55-21-19-54(20-22-55)30-10-14-52(15-11-30)26-27-8-16-53(17-9-27)31-3-6-33-34(24-31)41(61)57(40(33)60)56-18-12-37(58)50-42(56)62/h1-7,13,23-25,27,30H,8-12,14-22,26H2,(H,48,51)(H,49,59)(H,50,58,62). The molecule has 20 heteroatoms. The first-order valence-corrected chi connectivity index (χ1v) is 21.5. The van der Waals surface area contributed by atoms with Crippen LogP contribution in [0.1, 0.15) is 63.2 Å². The zero-order valence-corrected chi connectivity index (χ0v) is 35.0. The fraction of sp³-hybridized carbons (Fsp3) is 0.419. The number of anilines is 3. The van der Waals surface area contributed by atoms with Gasteiger partial charge in [0.1, 0.15) is 11.6 Å². The number of H-pyrrole nitrogens is 1. The van der Waals surface area contributed by atoms with Crippen molar-refractivity contribution in [3.63, 3.8) is 0 Å². The minimum absolute atomic E-state index is 0.0120. The lowest BCUT2D eigenvalue weighted by Crippen LogP contribution is -2.58. The number of ether oxygens (including phenoxy) is 1. The molecule has 7 heterocycles. The van der Waals surface area contributed by atoms with Crippen molar-refractivity contribution < 1.29 is 37.5 Å². The summed E-state index contributed by atoms with van der Waals surface area (Å²) in [5.74, 6) is -0.819. The van der Waals surface area contributed by atoms with Crippen LogP contribution in [-0.4, -0.2) is 142 Å². The van der Waals surface area contributed by atoms with Crippen LogP contribution in [0.25, 0.3) is 11.3 Å². The number of carbonyl (C=O) groups excluding carboxylic acids is 5. The second-order valence-corrected chi connectivity index (χ2v) is 16.9. The molecular formula is C43H46ClF2N11O6. The summed E-state index contributed by atoms with van der Waals surface area (Å²) in [5.41, 5.74) is -0.363. The van der Waals surface area contributed by atoms with E-state index in [0.717, 1.165) is 112 Å². The number of alkyl halides is 3. The number of pyridine rings is 1. The number of piperidine rings is 2. The molecule has 4 aromatic rings. The van der Waals surface area contributed by atoms with Gasteiger partial charge in [-0.3, -0.25) is 34.5 Å². The van der Waals surface area contributed by atoms with E-state index in [-0.39, 0.29) is 29.8 Å². The molecule has 2 aromatic heterocycles. The number of rotatable bonds is 11. The fourth-order valence-corrected chi connectivity index (χ4v) is 9.35. The van der Waals surface area contributed by atoms with Crippen LogP contribution in [-0.2, 0) is 4.79 Å². The molecule has 0 bridgehead atoms. The van der Waals surface area contributed by atoms with Gasteiger partial charge in [-0.05, 0) is 99.3 Å². The lowest BCUT2D eigenvalue weighted by molar-refractivity contribution is -0.122. The van der Waals surface area contributed by atoms with E-state index in [1.807, 2.05) is 12.1 Å². The fourth-order valence-electron chi connectivity index (χ4n) is 9.26. The Labute approximate surface area is 366 Å². The van der Waals surface area contributed by atoms with Gasteiger partial charge in [0.2, 0.25) is 5.91 Å². The summed E-state index contributed by atoms with van der Waals surface area (Å²) in [5, 5.41) is 14.0. The van der Waals surface area contributed by atoms with Crippen LogP contribution in [0, 0.1) is 5.92 Å². The zero-order chi connectivity index (χ0) is 43.8. The molecule has 330 valence electrons. The molecule has 5 aliphatic heterocycles. The summed E-state index contributed by atoms with van der Waals surface area (Å²) in [6.45, 7) is 8.10. The summed E-state index contributed by atoms with van der Waals surface area (Å²) in [4.78, 5) is 78.1. The Morgan fingerprint density at radius 3 is 2.24 bits per heavy atom. The Bertz CT molecular complexity index is 2380. The second-order valence-electron chi connectivity index (χ2n) is 16.4. The summed E-state index contributed by atoms with van der Waals surface area (Å²) in [7, 11) is 0. The van der Waals surface area contributed by atoms with E-state index >= 15 is 0 Å². The van der Waals surface area contributed by atoms with Crippen molar-refractivity contribution in [3.8, 4) is 17.0 Å². The van der Waals surface area contributed by atoms with Gasteiger partial charge in [0, 0.05) is 99.2 Å². The molecule has 5 aliphatic rings. The van der Waals surface area contributed by atoms with Gasteiger partial charge in [-0.1, -0.05) is 0 Å². The number of amides is 6. The zero-order valence-electron chi connectivity index (χ0n) is 34.3. The molecule has 4 saturated heterocycles. The maximum Gasteiger partial charge on any atom is 0.487 e. The Kier molecular flexibility index (Phi) is 11.7. The highest BCUT2D eigenvalue weighted by atomic mass is 35.5. The van der Waals surface area contributed by atoms with Gasteiger partial charge >= 0.3 is 11.6 Å². The molecule has 0 spiro atoms. The van der Waals surface area contributed by atoms with Gasteiger partial charge in [-0.15, -0.1) is 8.78 Å². The number of benzene rings is 2. The number of nitrogens with one attached hydrogen (secondary N) is 3. The number of aromatic amines is 1. The SMILES string of the molecule is O=C1CCN(N2C(=O)c3ccc(N4CCC(CN5CCC(N6CCN(c7ncc(C(=O)Nc8ccc(OC(F)(F)Cl)cc8)cc7-c7cc[nH]n7)CC6)CC5)CC4)cc3C2=O)C(=O)N1. The normalized spacial score (nSPS) is 19.7. The number of urea groups is 1. The van der Waals surface area contributed by atoms with Crippen molar-refractivity contribution in [1.29, 1.82) is 0 Å². The summed E-state index contributed by atoms with van der Waals surface area (Å²) in [6.07, 6.45) is 7.51. The number of hydrogen-bond acceptors (Lipinski definition) is 12. The van der Waals surface area contributed by atoms with E-state index in [9.17, 15) is 32.8 Å². The molecule has 4 fully saturated rings. The van der Waals surface area contributed by atoms with E-state index in [1.54, 1.807) is 24.4 Å². The van der Waals surface area contributed by atoms with Crippen molar-refractivity contribution >= 4 is 58.5 Å². The van der Waals surface area contributed by atoms with Crippen LogP contribution in [0.3, 0.4) is 0 Å². The number of likely N-dealkylation sites (tertiary alicyclic amines) is 1. The Morgan fingerprint density at radius 1 is 0.825 bits per heavy atom. The molecule has 3 N–H and O–H groups in total. The minimum atomic E-state index is -3.84. The number of hydrogen-bond donors (Lipinski definition) is 3. The first-order valence-electron chi connectivity index (χ1n) is 21.1. The van der Waals surface area contributed by atoms with E-state index in [2.05, 4.69) is 45.2 Å². The molecule has 0 radical (unpaired) electrons. The maximum absolute atomic E-state index is 13.3. The molecule has 0 saturated carbocycles. The van der Waals surface area contributed by atoms with Crippen molar-refractivity contribution in [2.75, 3.05) is 80.6 Å². The average molecular weight is 886 g/mol. The van der Waals surface area contributed by atoms with Gasteiger partial charge in [-0.2, -0.15) is 10.1 Å². The summed E-state index contributed by atoms with van der Waals surface area (Å²) < 4.78 is 30.3. The number of halogens is 3. The molecule has 9 rings (SSSR count). The number of aromatic nitrogens is 3. The number of hydrazine groups is 1. The largest absolute Gasteiger partial charge is 0.487 e. The molecule has 17 nitrogen and oxygen atoms in total. The molecule has 0 aliphatic carbocycles. The lowest BCUT2D eigenvalue weighted by Gasteiger charge is -2.44. The predicted octanol–water partition coefficient (Wildman–Crippen LogP) is 4.85. The predicted molar refractivity (Wildman–Crippen MR) is 228 cm³/mol. The van der Waals surface area contributed by atoms with Crippen LogP contribution < -0.4 is 25.2 Å². The third kappa shape index (κ3) is 9.17. The molecule has 0 unspecified atom stereocenters. The number of carbonyl (C=O) groups is 5. The number of piperazine rings is 1. The first kappa shape index (κ1) is 42.1. The van der Waals surface area contributed by atoms with E-state index in [0.29, 0.717) is 28.9 Å². The number of nitrogens with zero attached hydrogens (tertiary/aromatic N) is 8. The minimum Gasteiger partial charge on any atom is -0.420 e. The quantitative estimate of drug-likeness (QED) is 0.138. The van der Waals surface area contributed by atoms with Crippen molar-refractivity contribution in [2.45, 2.75) is 43.7 Å². The van der Waals surface area contributed by atoms with Crippen LogP contribution in [0.2, 0.25) is 0 Å². The first-order chi connectivity index (χ1) is 30.4. The topological polar surface area (TPSA) is 180 Å². The van der Waals surface area contributed by atoms with Crippen LogP contribution in [0.5, 0.6) is 5.75 Å². The van der Waals surface area contributed by atoms with Gasteiger partial charge in [0.15, 0.2) is 0 Å². The summed E-state index contributed by atoms with van der Waals surface area (Å²) >= 11 is 4.85. The van der Waals surface area contributed by atoms with Gasteiger partial charge in [-0.25, -0.2) is 14.8 Å². The monoisotopic (exact) mass is 885 g/mol.